The van der Waals surface area contributed by atoms with E-state index in [0.29, 0.717) is 5.69 Å². The Morgan fingerprint density at radius 2 is 2.05 bits per heavy atom. The van der Waals surface area contributed by atoms with Crippen molar-refractivity contribution >= 4 is 11.6 Å². The Morgan fingerprint density at radius 1 is 1.29 bits per heavy atom. The highest BCUT2D eigenvalue weighted by Gasteiger charge is 2.12. The number of benzene rings is 1. The van der Waals surface area contributed by atoms with Gasteiger partial charge in [-0.1, -0.05) is 31.1 Å². The van der Waals surface area contributed by atoms with E-state index in [1.807, 2.05) is 18.2 Å². The summed E-state index contributed by atoms with van der Waals surface area (Å²) in [6.07, 6.45) is 0. The third kappa shape index (κ3) is 4.16. The van der Waals surface area contributed by atoms with Crippen molar-refractivity contribution in [2.75, 3.05) is 18.4 Å². The summed E-state index contributed by atoms with van der Waals surface area (Å²) in [6.45, 7) is 8.95. The van der Waals surface area contributed by atoms with Crippen LogP contribution in [-0.4, -0.2) is 29.1 Å². The number of hydrogen-bond acceptors (Lipinski definition) is 4. The molecule has 1 amide bonds. The number of nitrogens with zero attached hydrogens (tertiary/aromatic N) is 2. The van der Waals surface area contributed by atoms with Gasteiger partial charge in [0.15, 0.2) is 0 Å². The number of aryl methyl sites for hydroxylation is 1. The summed E-state index contributed by atoms with van der Waals surface area (Å²) >= 11 is 0. The molecule has 0 aliphatic heterocycles. The van der Waals surface area contributed by atoms with Crippen LogP contribution in [0.4, 0.5) is 5.69 Å². The predicted octanol–water partition coefficient (Wildman–Crippen LogP) is 3.08. The predicted molar refractivity (Wildman–Crippen MR) is 82.3 cm³/mol. The molecule has 2 aromatic rings. The standard InChI is InChI=1S/C16H21N3O2/c1-4-19(5-2)11-13-7-6-8-14(10-13)17-16(20)15-9-12(3)18-21-15/h6-10H,4-5,11H2,1-3H3,(H,17,20). The van der Waals surface area contributed by atoms with Crippen molar-refractivity contribution in [2.24, 2.45) is 0 Å². The van der Waals surface area contributed by atoms with Crippen molar-refractivity contribution in [1.82, 2.24) is 10.1 Å². The number of amides is 1. The summed E-state index contributed by atoms with van der Waals surface area (Å²) < 4.78 is 4.96. The lowest BCUT2D eigenvalue weighted by atomic mass is 10.2. The summed E-state index contributed by atoms with van der Waals surface area (Å²) in [4.78, 5) is 14.3. The first-order valence-corrected chi connectivity index (χ1v) is 7.18. The minimum Gasteiger partial charge on any atom is -0.351 e. The van der Waals surface area contributed by atoms with Crippen molar-refractivity contribution < 1.29 is 9.32 Å². The molecule has 1 aromatic heterocycles. The Kier molecular flexibility index (Phi) is 5.11. The van der Waals surface area contributed by atoms with E-state index in [4.69, 9.17) is 4.52 Å². The zero-order valence-electron chi connectivity index (χ0n) is 12.7. The van der Waals surface area contributed by atoms with E-state index in [9.17, 15) is 4.79 Å². The van der Waals surface area contributed by atoms with Gasteiger partial charge in [-0.15, -0.1) is 0 Å². The Balaban J connectivity index is 2.05. The van der Waals surface area contributed by atoms with Crippen LogP contribution in [0, 0.1) is 6.92 Å². The summed E-state index contributed by atoms with van der Waals surface area (Å²) in [5.41, 5.74) is 2.62. The molecule has 1 N–H and O–H groups in total. The van der Waals surface area contributed by atoms with Gasteiger partial charge < -0.3 is 9.84 Å². The van der Waals surface area contributed by atoms with Gasteiger partial charge in [0.05, 0.1) is 5.69 Å². The topological polar surface area (TPSA) is 58.4 Å². The molecule has 0 spiro atoms. The molecule has 0 saturated heterocycles. The first kappa shape index (κ1) is 15.3. The van der Waals surface area contributed by atoms with Crippen LogP contribution >= 0.6 is 0 Å². The minimum atomic E-state index is -0.282. The number of nitrogens with one attached hydrogen (secondary N) is 1. The van der Waals surface area contributed by atoms with Crippen molar-refractivity contribution in [2.45, 2.75) is 27.3 Å². The SMILES string of the molecule is CCN(CC)Cc1cccc(NC(=O)c2cc(C)no2)c1. The Bertz CT molecular complexity index is 603. The fraction of sp³-hybridized carbons (Fsp3) is 0.375. The zero-order valence-corrected chi connectivity index (χ0v) is 12.7. The molecule has 0 bridgehead atoms. The van der Waals surface area contributed by atoms with E-state index in [1.54, 1.807) is 13.0 Å². The van der Waals surface area contributed by atoms with Gasteiger partial charge in [-0.2, -0.15) is 0 Å². The molecular formula is C16H21N3O2. The average Bonchev–Trinajstić information content (AvgIpc) is 2.92. The second kappa shape index (κ2) is 7.04. The Hall–Kier alpha value is -2.14. The van der Waals surface area contributed by atoms with Gasteiger partial charge in [0, 0.05) is 18.3 Å². The van der Waals surface area contributed by atoms with Crippen molar-refractivity contribution in [3.8, 4) is 0 Å². The van der Waals surface area contributed by atoms with Crippen LogP contribution in [0.3, 0.4) is 0 Å². The second-order valence-corrected chi connectivity index (χ2v) is 4.95. The highest BCUT2D eigenvalue weighted by atomic mass is 16.5. The molecule has 5 heteroatoms. The van der Waals surface area contributed by atoms with Gasteiger partial charge in [0.25, 0.3) is 5.91 Å². The van der Waals surface area contributed by atoms with Gasteiger partial charge in [-0.05, 0) is 37.7 Å². The molecule has 0 atom stereocenters. The van der Waals surface area contributed by atoms with Crippen LogP contribution in [0.15, 0.2) is 34.9 Å². The molecule has 1 aromatic carbocycles. The maximum absolute atomic E-state index is 12.0. The van der Waals surface area contributed by atoms with E-state index in [-0.39, 0.29) is 11.7 Å². The van der Waals surface area contributed by atoms with Crippen LogP contribution in [0.25, 0.3) is 0 Å². The monoisotopic (exact) mass is 287 g/mol. The molecule has 21 heavy (non-hydrogen) atoms. The largest absolute Gasteiger partial charge is 0.351 e. The zero-order chi connectivity index (χ0) is 15.2. The lowest BCUT2D eigenvalue weighted by molar-refractivity contribution is 0.0988. The number of carbonyl (C=O) groups excluding carboxylic acids is 1. The molecule has 0 unspecified atom stereocenters. The quantitative estimate of drug-likeness (QED) is 0.887. The van der Waals surface area contributed by atoms with E-state index in [2.05, 4.69) is 35.3 Å². The maximum atomic E-state index is 12.0. The molecule has 0 aliphatic carbocycles. The molecule has 0 aliphatic rings. The average molecular weight is 287 g/mol. The van der Waals surface area contributed by atoms with Crippen molar-refractivity contribution in [3.05, 3.63) is 47.3 Å². The fourth-order valence-electron chi connectivity index (χ4n) is 2.12. The number of rotatable bonds is 6. The fourth-order valence-corrected chi connectivity index (χ4v) is 2.12. The molecule has 112 valence electrons. The number of aromatic nitrogens is 1. The van der Waals surface area contributed by atoms with Gasteiger partial charge in [-0.3, -0.25) is 9.69 Å². The normalized spacial score (nSPS) is 10.9. The minimum absolute atomic E-state index is 0.224. The van der Waals surface area contributed by atoms with Crippen LogP contribution in [-0.2, 0) is 6.54 Å². The molecule has 0 saturated carbocycles. The van der Waals surface area contributed by atoms with Gasteiger partial charge >= 0.3 is 0 Å². The highest BCUT2D eigenvalue weighted by molar-refractivity contribution is 6.02. The van der Waals surface area contributed by atoms with Crippen molar-refractivity contribution in [3.63, 3.8) is 0 Å². The van der Waals surface area contributed by atoms with Gasteiger partial charge in [0.1, 0.15) is 0 Å². The van der Waals surface area contributed by atoms with Crippen LogP contribution in [0.1, 0.15) is 35.7 Å². The molecule has 0 radical (unpaired) electrons. The van der Waals surface area contributed by atoms with Crippen molar-refractivity contribution in [1.29, 1.82) is 0 Å². The summed E-state index contributed by atoms with van der Waals surface area (Å²) in [6, 6.07) is 9.48. The van der Waals surface area contributed by atoms with Gasteiger partial charge in [-0.25, -0.2) is 0 Å². The van der Waals surface area contributed by atoms with E-state index < -0.39 is 0 Å². The summed E-state index contributed by atoms with van der Waals surface area (Å²) in [5.74, 6) is -0.0581. The molecule has 2 rings (SSSR count). The third-order valence-corrected chi connectivity index (χ3v) is 3.34. The van der Waals surface area contributed by atoms with E-state index in [0.717, 1.165) is 25.3 Å². The van der Waals surface area contributed by atoms with E-state index >= 15 is 0 Å². The second-order valence-electron chi connectivity index (χ2n) is 4.95. The summed E-state index contributed by atoms with van der Waals surface area (Å²) in [7, 11) is 0. The van der Waals surface area contributed by atoms with Crippen LogP contribution in [0.5, 0.6) is 0 Å². The lowest BCUT2D eigenvalue weighted by Crippen LogP contribution is -2.22. The Morgan fingerprint density at radius 3 is 2.67 bits per heavy atom. The van der Waals surface area contributed by atoms with E-state index in [1.165, 1.54) is 5.56 Å². The number of hydrogen-bond donors (Lipinski definition) is 1. The van der Waals surface area contributed by atoms with Gasteiger partial charge in [0.2, 0.25) is 5.76 Å². The highest BCUT2D eigenvalue weighted by Crippen LogP contribution is 2.14. The number of carbonyl (C=O) groups is 1. The molecule has 1 heterocycles. The third-order valence-electron chi connectivity index (χ3n) is 3.34. The number of anilines is 1. The maximum Gasteiger partial charge on any atom is 0.294 e. The lowest BCUT2D eigenvalue weighted by Gasteiger charge is -2.18. The summed E-state index contributed by atoms with van der Waals surface area (Å²) in [5, 5.41) is 6.55. The molecule has 5 nitrogen and oxygen atoms in total. The molecule has 0 fully saturated rings. The van der Waals surface area contributed by atoms with Crippen LogP contribution < -0.4 is 5.32 Å². The first-order chi connectivity index (χ1) is 10.1. The molecular weight excluding hydrogens is 266 g/mol. The smallest absolute Gasteiger partial charge is 0.294 e. The first-order valence-electron chi connectivity index (χ1n) is 7.18. The van der Waals surface area contributed by atoms with Crippen LogP contribution in [0.2, 0.25) is 0 Å². The Labute approximate surface area is 124 Å².